The van der Waals surface area contributed by atoms with E-state index in [-0.39, 0.29) is 18.1 Å². The highest BCUT2D eigenvalue weighted by molar-refractivity contribution is 5.84. The minimum absolute atomic E-state index is 0.0290. The summed E-state index contributed by atoms with van der Waals surface area (Å²) in [6, 6.07) is 0.0290. The van der Waals surface area contributed by atoms with E-state index in [1.165, 1.54) is 0 Å². The zero-order valence-electron chi connectivity index (χ0n) is 10.8. The maximum atomic E-state index is 12.0. The molecule has 1 N–H and O–H groups in total. The molecule has 0 spiro atoms. The number of amides is 1. The Balaban J connectivity index is 1.81. The number of nitrogens with zero attached hydrogens (tertiary/aromatic N) is 2. The van der Waals surface area contributed by atoms with Crippen molar-refractivity contribution in [2.24, 2.45) is 0 Å². The fourth-order valence-corrected chi connectivity index (χ4v) is 2.58. The molecule has 2 unspecified atom stereocenters. The van der Waals surface area contributed by atoms with Gasteiger partial charge in [0.1, 0.15) is 0 Å². The van der Waals surface area contributed by atoms with Gasteiger partial charge >= 0.3 is 0 Å². The van der Waals surface area contributed by atoms with Crippen molar-refractivity contribution in [3.8, 4) is 0 Å². The third-order valence-electron chi connectivity index (χ3n) is 3.51. The third kappa shape index (κ3) is 3.18. The van der Waals surface area contributed by atoms with Gasteiger partial charge in [-0.05, 0) is 20.0 Å². The minimum Gasteiger partial charge on any atom is -0.374 e. The molecule has 0 radical (unpaired) electrons. The van der Waals surface area contributed by atoms with Gasteiger partial charge < -0.3 is 19.9 Å². The van der Waals surface area contributed by atoms with Crippen molar-refractivity contribution in [3.05, 3.63) is 0 Å². The number of hydrogen-bond acceptors (Lipinski definition) is 4. The van der Waals surface area contributed by atoms with Crippen LogP contribution in [0.1, 0.15) is 13.3 Å². The number of likely N-dealkylation sites (tertiary alicyclic amines) is 1. The summed E-state index contributed by atoms with van der Waals surface area (Å²) in [7, 11) is 2.10. The summed E-state index contributed by atoms with van der Waals surface area (Å²) in [4.78, 5) is 16.2. The quantitative estimate of drug-likeness (QED) is 0.722. The summed E-state index contributed by atoms with van der Waals surface area (Å²) in [6.07, 6.45) is 1.10. The first-order valence-corrected chi connectivity index (χ1v) is 6.53. The summed E-state index contributed by atoms with van der Waals surface area (Å²) < 4.78 is 5.70. The van der Waals surface area contributed by atoms with E-state index in [1.807, 2.05) is 11.8 Å². The lowest BCUT2D eigenvalue weighted by Crippen LogP contribution is -2.47. The predicted octanol–water partition coefficient (Wildman–Crippen LogP) is -0.473. The Morgan fingerprint density at radius 2 is 2.29 bits per heavy atom. The summed E-state index contributed by atoms with van der Waals surface area (Å²) in [6.45, 7) is 7.19. The monoisotopic (exact) mass is 241 g/mol. The fourth-order valence-electron chi connectivity index (χ4n) is 2.58. The first-order valence-electron chi connectivity index (χ1n) is 6.53. The topological polar surface area (TPSA) is 44.8 Å². The summed E-state index contributed by atoms with van der Waals surface area (Å²) in [5.74, 6) is 0.240. The fraction of sp³-hybridized carbons (Fsp3) is 0.917. The van der Waals surface area contributed by atoms with Crippen molar-refractivity contribution in [2.45, 2.75) is 25.5 Å². The van der Waals surface area contributed by atoms with Crippen LogP contribution >= 0.6 is 0 Å². The Kier molecular flexibility index (Phi) is 4.36. The number of carbonyl (C=O) groups excluding carboxylic acids is 1. The Hall–Kier alpha value is -0.650. The van der Waals surface area contributed by atoms with Crippen LogP contribution in [0.5, 0.6) is 0 Å². The van der Waals surface area contributed by atoms with Crippen LogP contribution in [0.2, 0.25) is 0 Å². The van der Waals surface area contributed by atoms with Gasteiger partial charge in [0.25, 0.3) is 0 Å². The van der Waals surface area contributed by atoms with Crippen LogP contribution in [0, 0.1) is 0 Å². The minimum atomic E-state index is 0.0290. The second-order valence-corrected chi connectivity index (χ2v) is 4.94. The van der Waals surface area contributed by atoms with Gasteiger partial charge in [-0.3, -0.25) is 4.79 Å². The van der Waals surface area contributed by atoms with Gasteiger partial charge in [0, 0.05) is 26.2 Å². The molecule has 2 aliphatic rings. The maximum absolute atomic E-state index is 12.0. The standard InChI is InChI=1S/C12H23N3O2/c1-3-13-11-4-5-15(12(11)16)9-10-8-14(2)6-7-17-10/h10-11,13H,3-9H2,1-2H3. The normalized spacial score (nSPS) is 31.2. The maximum Gasteiger partial charge on any atom is 0.239 e. The van der Waals surface area contributed by atoms with Crippen molar-refractivity contribution < 1.29 is 9.53 Å². The van der Waals surface area contributed by atoms with E-state index in [2.05, 4.69) is 17.3 Å². The number of nitrogens with one attached hydrogen (secondary N) is 1. The lowest BCUT2D eigenvalue weighted by atomic mass is 10.2. The predicted molar refractivity (Wildman–Crippen MR) is 65.9 cm³/mol. The number of rotatable bonds is 4. The van der Waals surface area contributed by atoms with Crippen molar-refractivity contribution in [2.75, 3.05) is 46.4 Å². The van der Waals surface area contributed by atoms with Crippen LogP contribution < -0.4 is 5.32 Å². The molecule has 1 amide bonds. The Morgan fingerprint density at radius 1 is 1.47 bits per heavy atom. The van der Waals surface area contributed by atoms with E-state index in [0.717, 1.165) is 45.8 Å². The number of morpholine rings is 1. The molecule has 2 fully saturated rings. The average molecular weight is 241 g/mol. The van der Waals surface area contributed by atoms with E-state index >= 15 is 0 Å². The van der Waals surface area contributed by atoms with Crippen LogP contribution in [0.15, 0.2) is 0 Å². The zero-order valence-corrected chi connectivity index (χ0v) is 10.8. The van der Waals surface area contributed by atoms with Gasteiger partial charge in [0.05, 0.1) is 18.8 Å². The molecule has 5 nitrogen and oxygen atoms in total. The van der Waals surface area contributed by atoms with E-state index in [0.29, 0.717) is 0 Å². The van der Waals surface area contributed by atoms with Crippen molar-refractivity contribution >= 4 is 5.91 Å². The molecular formula is C12H23N3O2. The summed E-state index contributed by atoms with van der Waals surface area (Å²) >= 11 is 0. The number of ether oxygens (including phenoxy) is 1. The molecule has 0 aromatic carbocycles. The third-order valence-corrected chi connectivity index (χ3v) is 3.51. The molecule has 2 saturated heterocycles. The van der Waals surface area contributed by atoms with Gasteiger partial charge in [-0.25, -0.2) is 0 Å². The van der Waals surface area contributed by atoms with E-state index in [9.17, 15) is 4.79 Å². The molecule has 0 bridgehead atoms. The van der Waals surface area contributed by atoms with Gasteiger partial charge in [0.15, 0.2) is 0 Å². The molecule has 2 heterocycles. The molecule has 0 aromatic heterocycles. The Morgan fingerprint density at radius 3 is 3.00 bits per heavy atom. The second kappa shape index (κ2) is 5.80. The average Bonchev–Trinajstić information content (AvgIpc) is 2.62. The first kappa shape index (κ1) is 12.8. The lowest BCUT2D eigenvalue weighted by Gasteiger charge is -2.32. The van der Waals surface area contributed by atoms with Crippen LogP contribution in [0.3, 0.4) is 0 Å². The molecule has 2 rings (SSSR count). The van der Waals surface area contributed by atoms with Crippen molar-refractivity contribution in [3.63, 3.8) is 0 Å². The molecule has 98 valence electrons. The molecular weight excluding hydrogens is 218 g/mol. The highest BCUT2D eigenvalue weighted by atomic mass is 16.5. The van der Waals surface area contributed by atoms with Crippen LogP contribution in [0.4, 0.5) is 0 Å². The first-order chi connectivity index (χ1) is 8.20. The molecule has 0 saturated carbocycles. The highest BCUT2D eigenvalue weighted by Gasteiger charge is 2.33. The Bertz CT molecular complexity index is 272. The molecule has 5 heteroatoms. The van der Waals surface area contributed by atoms with Crippen LogP contribution in [-0.2, 0) is 9.53 Å². The van der Waals surface area contributed by atoms with Crippen molar-refractivity contribution in [1.29, 1.82) is 0 Å². The van der Waals surface area contributed by atoms with Gasteiger partial charge in [0.2, 0.25) is 5.91 Å². The molecule has 0 aliphatic carbocycles. The molecule has 2 atom stereocenters. The van der Waals surface area contributed by atoms with Gasteiger partial charge in [-0.15, -0.1) is 0 Å². The molecule has 17 heavy (non-hydrogen) atoms. The highest BCUT2D eigenvalue weighted by Crippen LogP contribution is 2.14. The summed E-state index contributed by atoms with van der Waals surface area (Å²) in [5, 5.41) is 3.23. The zero-order chi connectivity index (χ0) is 12.3. The lowest BCUT2D eigenvalue weighted by molar-refractivity contribution is -0.132. The molecule has 0 aromatic rings. The van der Waals surface area contributed by atoms with Gasteiger partial charge in [-0.2, -0.15) is 0 Å². The Labute approximate surface area is 103 Å². The van der Waals surface area contributed by atoms with E-state index in [4.69, 9.17) is 4.74 Å². The summed E-state index contributed by atoms with van der Waals surface area (Å²) in [5.41, 5.74) is 0. The van der Waals surface area contributed by atoms with Gasteiger partial charge in [-0.1, -0.05) is 6.92 Å². The van der Waals surface area contributed by atoms with Crippen LogP contribution in [-0.4, -0.2) is 74.2 Å². The molecule has 2 aliphatic heterocycles. The van der Waals surface area contributed by atoms with E-state index < -0.39 is 0 Å². The smallest absolute Gasteiger partial charge is 0.239 e. The van der Waals surface area contributed by atoms with Crippen molar-refractivity contribution in [1.82, 2.24) is 15.1 Å². The van der Waals surface area contributed by atoms with E-state index in [1.54, 1.807) is 0 Å². The number of carbonyl (C=O) groups is 1. The van der Waals surface area contributed by atoms with Crippen LogP contribution in [0.25, 0.3) is 0 Å². The number of likely N-dealkylation sites (N-methyl/N-ethyl adjacent to an activating group) is 2. The SMILES string of the molecule is CCNC1CCN(CC2CN(C)CCO2)C1=O. The number of hydrogen-bond donors (Lipinski definition) is 1. The second-order valence-electron chi connectivity index (χ2n) is 4.94. The largest absolute Gasteiger partial charge is 0.374 e.